The lowest BCUT2D eigenvalue weighted by Crippen LogP contribution is -2.46. The maximum Gasteiger partial charge on any atom is 0.233 e. The molecule has 1 amide bonds. The molecule has 0 aromatic heterocycles. The smallest absolute Gasteiger partial charge is 0.233 e. The van der Waals surface area contributed by atoms with Crippen molar-refractivity contribution in [1.82, 2.24) is 4.90 Å². The fourth-order valence-electron chi connectivity index (χ4n) is 2.34. The fraction of sp³-hybridized carbons (Fsp3) is 0.818. The second kappa shape index (κ2) is 5.86. The second-order valence-corrected chi connectivity index (χ2v) is 4.53. The summed E-state index contributed by atoms with van der Waals surface area (Å²) in [5.74, 6) is -0.534. The standard InChI is InChI=1S/C11H21N3O3/c1-3-8(10(12)13-17)11(16)14-5-4-7(2)9(14)6-15/h7-9,15,17H,3-6H2,1-2H3,(H2,12,13). The number of carbonyl (C=O) groups excluding carboxylic acids is 1. The lowest BCUT2D eigenvalue weighted by Gasteiger charge is -2.28. The van der Waals surface area contributed by atoms with Crippen LogP contribution in [0.1, 0.15) is 26.7 Å². The van der Waals surface area contributed by atoms with Crippen LogP contribution >= 0.6 is 0 Å². The molecule has 3 unspecified atom stereocenters. The number of hydrogen-bond acceptors (Lipinski definition) is 4. The zero-order valence-electron chi connectivity index (χ0n) is 10.3. The minimum absolute atomic E-state index is 0.0421. The van der Waals surface area contributed by atoms with Gasteiger partial charge in [-0.1, -0.05) is 19.0 Å². The molecule has 0 aliphatic carbocycles. The van der Waals surface area contributed by atoms with Crippen LogP contribution < -0.4 is 5.73 Å². The van der Waals surface area contributed by atoms with Crippen LogP contribution in [-0.2, 0) is 4.79 Å². The molecule has 0 aromatic carbocycles. The van der Waals surface area contributed by atoms with Crippen LogP contribution in [0, 0.1) is 11.8 Å². The molecule has 1 saturated heterocycles. The van der Waals surface area contributed by atoms with Gasteiger partial charge in [-0.2, -0.15) is 0 Å². The number of nitrogens with zero attached hydrogens (tertiary/aromatic N) is 2. The van der Waals surface area contributed by atoms with Crippen molar-refractivity contribution in [3.63, 3.8) is 0 Å². The minimum Gasteiger partial charge on any atom is -0.409 e. The summed E-state index contributed by atoms with van der Waals surface area (Å²) in [6, 6.07) is -0.150. The third-order valence-corrected chi connectivity index (χ3v) is 3.53. The van der Waals surface area contributed by atoms with Crippen LogP contribution in [0.15, 0.2) is 5.16 Å². The molecule has 0 saturated carbocycles. The summed E-state index contributed by atoms with van der Waals surface area (Å²) < 4.78 is 0. The van der Waals surface area contributed by atoms with E-state index in [-0.39, 0.29) is 30.3 Å². The first-order chi connectivity index (χ1) is 8.06. The highest BCUT2D eigenvalue weighted by molar-refractivity contribution is 6.02. The summed E-state index contributed by atoms with van der Waals surface area (Å²) in [6.07, 6.45) is 1.36. The maximum absolute atomic E-state index is 12.2. The Bertz CT molecular complexity index is 306. The van der Waals surface area contributed by atoms with Gasteiger partial charge in [-0.3, -0.25) is 4.79 Å². The van der Waals surface area contributed by atoms with Crippen LogP contribution in [0.5, 0.6) is 0 Å². The fourth-order valence-corrected chi connectivity index (χ4v) is 2.34. The molecule has 3 atom stereocenters. The van der Waals surface area contributed by atoms with E-state index in [1.807, 2.05) is 13.8 Å². The number of aliphatic hydroxyl groups excluding tert-OH is 1. The second-order valence-electron chi connectivity index (χ2n) is 4.53. The molecule has 0 radical (unpaired) electrons. The summed E-state index contributed by atoms with van der Waals surface area (Å²) in [5, 5.41) is 20.9. The topological polar surface area (TPSA) is 99.2 Å². The van der Waals surface area contributed by atoms with Crippen LogP contribution in [0.2, 0.25) is 0 Å². The van der Waals surface area contributed by atoms with Crippen molar-refractivity contribution in [2.24, 2.45) is 22.7 Å². The number of amidine groups is 1. The van der Waals surface area contributed by atoms with E-state index in [1.54, 1.807) is 4.90 Å². The molecule has 1 rings (SSSR count). The number of likely N-dealkylation sites (tertiary alicyclic amines) is 1. The van der Waals surface area contributed by atoms with Crippen molar-refractivity contribution in [2.75, 3.05) is 13.2 Å². The highest BCUT2D eigenvalue weighted by Crippen LogP contribution is 2.25. The Kier molecular flexibility index (Phi) is 4.74. The van der Waals surface area contributed by atoms with Gasteiger partial charge in [0, 0.05) is 6.54 Å². The minimum atomic E-state index is -0.598. The molecule has 6 heteroatoms. The van der Waals surface area contributed by atoms with Crippen molar-refractivity contribution in [3.8, 4) is 0 Å². The van der Waals surface area contributed by atoms with Gasteiger partial charge >= 0.3 is 0 Å². The third kappa shape index (κ3) is 2.69. The molecule has 1 fully saturated rings. The number of aliphatic hydroxyl groups is 1. The van der Waals surface area contributed by atoms with Crippen LogP contribution in [0.4, 0.5) is 0 Å². The first-order valence-electron chi connectivity index (χ1n) is 5.95. The molecule has 1 aliphatic heterocycles. The van der Waals surface area contributed by atoms with E-state index in [0.717, 1.165) is 6.42 Å². The molecule has 17 heavy (non-hydrogen) atoms. The van der Waals surface area contributed by atoms with Gasteiger partial charge in [-0.25, -0.2) is 0 Å². The Morgan fingerprint density at radius 1 is 1.65 bits per heavy atom. The molecule has 6 nitrogen and oxygen atoms in total. The van der Waals surface area contributed by atoms with E-state index in [1.165, 1.54) is 0 Å². The summed E-state index contributed by atoms with van der Waals surface area (Å²) in [6.45, 7) is 4.41. The zero-order chi connectivity index (χ0) is 13.0. The summed E-state index contributed by atoms with van der Waals surface area (Å²) >= 11 is 0. The molecular formula is C11H21N3O3. The molecule has 0 aromatic rings. The first kappa shape index (κ1) is 13.8. The molecule has 0 spiro atoms. The largest absolute Gasteiger partial charge is 0.409 e. The molecule has 0 bridgehead atoms. The predicted molar refractivity (Wildman–Crippen MR) is 63.6 cm³/mol. The van der Waals surface area contributed by atoms with E-state index in [0.29, 0.717) is 13.0 Å². The Labute approximate surface area is 101 Å². The third-order valence-electron chi connectivity index (χ3n) is 3.53. The predicted octanol–water partition coefficient (Wildman–Crippen LogP) is -0.0117. The number of carbonyl (C=O) groups is 1. The van der Waals surface area contributed by atoms with Crippen molar-refractivity contribution in [1.29, 1.82) is 0 Å². The summed E-state index contributed by atoms with van der Waals surface area (Å²) in [5.41, 5.74) is 5.51. The van der Waals surface area contributed by atoms with Crippen LogP contribution in [0.25, 0.3) is 0 Å². The Morgan fingerprint density at radius 3 is 2.76 bits per heavy atom. The van der Waals surface area contributed by atoms with Gasteiger partial charge in [-0.15, -0.1) is 0 Å². The molecule has 1 aliphatic rings. The van der Waals surface area contributed by atoms with Crippen molar-refractivity contribution in [2.45, 2.75) is 32.7 Å². The van der Waals surface area contributed by atoms with Crippen LogP contribution in [-0.4, -0.2) is 46.1 Å². The van der Waals surface area contributed by atoms with Crippen molar-refractivity contribution < 1.29 is 15.1 Å². The number of rotatable bonds is 4. The number of oxime groups is 1. The normalized spacial score (nSPS) is 27.2. The molecule has 1 heterocycles. The Hall–Kier alpha value is -1.30. The zero-order valence-corrected chi connectivity index (χ0v) is 10.3. The van der Waals surface area contributed by atoms with Gasteiger partial charge in [-0.05, 0) is 18.8 Å². The summed E-state index contributed by atoms with van der Waals surface area (Å²) in [7, 11) is 0. The lowest BCUT2D eigenvalue weighted by atomic mass is 10.0. The van der Waals surface area contributed by atoms with E-state index in [9.17, 15) is 9.90 Å². The summed E-state index contributed by atoms with van der Waals surface area (Å²) in [4.78, 5) is 13.9. The SMILES string of the molecule is CCC(C(=O)N1CCC(C)C1CO)C(N)=NO. The quantitative estimate of drug-likeness (QED) is 0.280. The number of amides is 1. The average Bonchev–Trinajstić information content (AvgIpc) is 2.70. The van der Waals surface area contributed by atoms with Crippen LogP contribution in [0.3, 0.4) is 0 Å². The molecular weight excluding hydrogens is 222 g/mol. The Balaban J connectivity index is 2.81. The maximum atomic E-state index is 12.2. The van der Waals surface area contributed by atoms with Crippen molar-refractivity contribution in [3.05, 3.63) is 0 Å². The van der Waals surface area contributed by atoms with E-state index < -0.39 is 5.92 Å². The van der Waals surface area contributed by atoms with Gasteiger partial charge in [0.15, 0.2) is 5.84 Å². The highest BCUT2D eigenvalue weighted by Gasteiger charge is 2.37. The van der Waals surface area contributed by atoms with E-state index >= 15 is 0 Å². The van der Waals surface area contributed by atoms with Gasteiger partial charge in [0.25, 0.3) is 0 Å². The van der Waals surface area contributed by atoms with Gasteiger partial charge in [0.2, 0.25) is 5.91 Å². The average molecular weight is 243 g/mol. The van der Waals surface area contributed by atoms with Gasteiger partial charge in [0.05, 0.1) is 18.6 Å². The van der Waals surface area contributed by atoms with E-state index in [4.69, 9.17) is 10.9 Å². The number of hydrogen-bond donors (Lipinski definition) is 3. The highest BCUT2D eigenvalue weighted by atomic mass is 16.4. The molecule has 98 valence electrons. The lowest BCUT2D eigenvalue weighted by molar-refractivity contribution is -0.135. The monoisotopic (exact) mass is 243 g/mol. The van der Waals surface area contributed by atoms with Crippen molar-refractivity contribution >= 4 is 11.7 Å². The van der Waals surface area contributed by atoms with Gasteiger partial charge < -0.3 is 20.9 Å². The first-order valence-corrected chi connectivity index (χ1v) is 5.95. The Morgan fingerprint density at radius 2 is 2.29 bits per heavy atom. The van der Waals surface area contributed by atoms with E-state index in [2.05, 4.69) is 5.16 Å². The molecule has 4 N–H and O–H groups in total. The number of nitrogens with two attached hydrogens (primary N) is 1. The van der Waals surface area contributed by atoms with Gasteiger partial charge in [0.1, 0.15) is 0 Å².